The van der Waals surface area contributed by atoms with Gasteiger partial charge in [0.25, 0.3) is 5.91 Å². The fraction of sp³-hybridized carbons (Fsp3) is 0.375. The summed E-state index contributed by atoms with van der Waals surface area (Å²) < 4.78 is 7.39. The van der Waals surface area contributed by atoms with Crippen molar-refractivity contribution in [1.29, 1.82) is 0 Å². The molecule has 1 atom stereocenters. The monoisotopic (exact) mass is 287 g/mol. The van der Waals surface area contributed by atoms with Crippen LogP contribution in [0.2, 0.25) is 0 Å². The van der Waals surface area contributed by atoms with E-state index in [4.69, 9.17) is 4.74 Å². The molecule has 0 aliphatic carbocycles. The quantitative estimate of drug-likeness (QED) is 0.916. The fourth-order valence-corrected chi connectivity index (χ4v) is 2.09. The van der Waals surface area contributed by atoms with E-state index < -0.39 is 6.10 Å². The van der Waals surface area contributed by atoms with Crippen molar-refractivity contribution < 1.29 is 9.53 Å². The molecule has 1 heterocycles. The van der Waals surface area contributed by atoms with Crippen LogP contribution in [-0.4, -0.2) is 21.8 Å². The normalized spacial score (nSPS) is 12.0. The van der Waals surface area contributed by atoms with Gasteiger partial charge >= 0.3 is 0 Å². The zero-order chi connectivity index (χ0) is 15.4. The first-order valence-corrected chi connectivity index (χ1v) is 6.96. The first kappa shape index (κ1) is 15.1. The van der Waals surface area contributed by atoms with E-state index in [1.807, 2.05) is 51.4 Å². The Morgan fingerprint density at radius 1 is 1.43 bits per heavy atom. The molecule has 1 aromatic carbocycles. The molecule has 0 bridgehead atoms. The van der Waals surface area contributed by atoms with Crippen LogP contribution >= 0.6 is 0 Å². The van der Waals surface area contributed by atoms with Gasteiger partial charge in [-0.25, -0.2) is 0 Å². The number of nitrogens with one attached hydrogen (secondary N) is 1. The summed E-state index contributed by atoms with van der Waals surface area (Å²) >= 11 is 0. The molecule has 0 saturated carbocycles. The number of hydrogen-bond acceptors (Lipinski definition) is 3. The second-order valence-electron chi connectivity index (χ2n) is 5.21. The van der Waals surface area contributed by atoms with E-state index in [9.17, 15) is 4.79 Å². The number of aromatic nitrogens is 2. The molecule has 1 aromatic heterocycles. The predicted molar refractivity (Wildman–Crippen MR) is 81.1 cm³/mol. The molecular formula is C16H21N3O2. The van der Waals surface area contributed by atoms with Gasteiger partial charge < -0.3 is 10.1 Å². The van der Waals surface area contributed by atoms with Gasteiger partial charge in [-0.1, -0.05) is 12.1 Å². The minimum atomic E-state index is -0.538. The third-order valence-electron chi connectivity index (χ3n) is 3.24. The van der Waals surface area contributed by atoms with E-state index in [1.54, 1.807) is 11.6 Å². The summed E-state index contributed by atoms with van der Waals surface area (Å²) in [5.41, 5.74) is 3.03. The molecular weight excluding hydrogens is 266 g/mol. The zero-order valence-corrected chi connectivity index (χ0v) is 12.9. The smallest absolute Gasteiger partial charge is 0.261 e. The number of aryl methyl sites for hydroxylation is 3. The number of carbonyl (C=O) groups excluding carboxylic acids is 1. The van der Waals surface area contributed by atoms with E-state index in [0.29, 0.717) is 12.3 Å². The molecule has 0 radical (unpaired) electrons. The molecule has 0 saturated heterocycles. The van der Waals surface area contributed by atoms with E-state index in [-0.39, 0.29) is 5.91 Å². The van der Waals surface area contributed by atoms with Crippen molar-refractivity contribution in [3.63, 3.8) is 0 Å². The van der Waals surface area contributed by atoms with Crippen LogP contribution in [0.15, 0.2) is 30.5 Å². The van der Waals surface area contributed by atoms with Gasteiger partial charge in [0.15, 0.2) is 6.10 Å². The highest BCUT2D eigenvalue weighted by Gasteiger charge is 2.15. The Hall–Kier alpha value is -2.30. The second kappa shape index (κ2) is 6.43. The minimum absolute atomic E-state index is 0.139. The van der Waals surface area contributed by atoms with Gasteiger partial charge in [-0.15, -0.1) is 0 Å². The third-order valence-corrected chi connectivity index (χ3v) is 3.24. The Morgan fingerprint density at radius 3 is 2.81 bits per heavy atom. The average Bonchev–Trinajstić information content (AvgIpc) is 2.74. The van der Waals surface area contributed by atoms with Gasteiger partial charge in [0.05, 0.1) is 5.69 Å². The lowest BCUT2D eigenvalue weighted by Gasteiger charge is -2.15. The molecule has 0 aliphatic rings. The van der Waals surface area contributed by atoms with Crippen molar-refractivity contribution in [3.05, 3.63) is 47.3 Å². The van der Waals surface area contributed by atoms with Crippen LogP contribution in [0.1, 0.15) is 23.7 Å². The van der Waals surface area contributed by atoms with Crippen LogP contribution in [0.5, 0.6) is 5.75 Å². The lowest BCUT2D eigenvalue weighted by molar-refractivity contribution is -0.127. The molecule has 2 rings (SSSR count). The third kappa shape index (κ3) is 4.08. The summed E-state index contributed by atoms with van der Waals surface area (Å²) in [6.07, 6.45) is 1.37. The Kier molecular flexibility index (Phi) is 4.62. The van der Waals surface area contributed by atoms with Crippen LogP contribution in [0.4, 0.5) is 0 Å². The van der Waals surface area contributed by atoms with Gasteiger partial charge in [0.1, 0.15) is 5.75 Å². The summed E-state index contributed by atoms with van der Waals surface area (Å²) in [4.78, 5) is 12.1. The first-order chi connectivity index (χ1) is 9.95. The first-order valence-electron chi connectivity index (χ1n) is 6.96. The van der Waals surface area contributed by atoms with Crippen molar-refractivity contribution in [3.8, 4) is 5.75 Å². The molecule has 21 heavy (non-hydrogen) atoms. The largest absolute Gasteiger partial charge is 0.481 e. The molecule has 5 heteroatoms. The predicted octanol–water partition coefficient (Wildman–Crippen LogP) is 2.12. The van der Waals surface area contributed by atoms with Gasteiger partial charge in [0, 0.05) is 25.4 Å². The molecule has 0 fully saturated rings. The zero-order valence-electron chi connectivity index (χ0n) is 12.9. The van der Waals surface area contributed by atoms with Crippen molar-refractivity contribution in [1.82, 2.24) is 15.1 Å². The maximum atomic E-state index is 12.1. The summed E-state index contributed by atoms with van der Waals surface area (Å²) in [5.74, 6) is 0.565. The highest BCUT2D eigenvalue weighted by molar-refractivity contribution is 5.80. The minimum Gasteiger partial charge on any atom is -0.481 e. The molecule has 1 amide bonds. The van der Waals surface area contributed by atoms with E-state index in [2.05, 4.69) is 10.4 Å². The summed E-state index contributed by atoms with van der Waals surface area (Å²) in [5, 5.41) is 7.12. The summed E-state index contributed by atoms with van der Waals surface area (Å²) in [6, 6.07) is 7.66. The fourth-order valence-electron chi connectivity index (χ4n) is 2.09. The highest BCUT2D eigenvalue weighted by atomic mass is 16.5. The van der Waals surface area contributed by atoms with Crippen molar-refractivity contribution in [2.24, 2.45) is 7.05 Å². The Morgan fingerprint density at radius 2 is 2.19 bits per heavy atom. The van der Waals surface area contributed by atoms with Crippen LogP contribution < -0.4 is 10.1 Å². The molecule has 5 nitrogen and oxygen atoms in total. The second-order valence-corrected chi connectivity index (χ2v) is 5.21. The van der Waals surface area contributed by atoms with Crippen LogP contribution in [0.25, 0.3) is 0 Å². The van der Waals surface area contributed by atoms with Crippen LogP contribution in [0.3, 0.4) is 0 Å². The summed E-state index contributed by atoms with van der Waals surface area (Å²) in [7, 11) is 1.86. The number of nitrogens with zero attached hydrogens (tertiary/aromatic N) is 2. The number of rotatable bonds is 5. The SMILES string of the molecule is Cc1cccc(O[C@@H](C)C(=O)NCc2cn(C)nc2C)c1. The molecule has 0 spiro atoms. The molecule has 1 N–H and O–H groups in total. The molecule has 0 unspecified atom stereocenters. The highest BCUT2D eigenvalue weighted by Crippen LogP contribution is 2.14. The van der Waals surface area contributed by atoms with Crippen LogP contribution in [-0.2, 0) is 18.4 Å². The number of benzene rings is 1. The molecule has 0 aliphatic heterocycles. The maximum absolute atomic E-state index is 12.1. The number of hydrogen-bond donors (Lipinski definition) is 1. The number of amides is 1. The topological polar surface area (TPSA) is 56.1 Å². The van der Waals surface area contributed by atoms with Crippen LogP contribution in [0, 0.1) is 13.8 Å². The maximum Gasteiger partial charge on any atom is 0.261 e. The van der Waals surface area contributed by atoms with Gasteiger partial charge in [-0.2, -0.15) is 5.10 Å². The van der Waals surface area contributed by atoms with Crippen molar-refractivity contribution in [2.45, 2.75) is 33.4 Å². The van der Waals surface area contributed by atoms with Gasteiger partial charge in [-0.3, -0.25) is 9.48 Å². The number of ether oxygens (including phenoxy) is 1. The van der Waals surface area contributed by atoms with E-state index in [0.717, 1.165) is 16.8 Å². The van der Waals surface area contributed by atoms with E-state index in [1.165, 1.54) is 0 Å². The summed E-state index contributed by atoms with van der Waals surface area (Å²) in [6.45, 7) is 6.12. The van der Waals surface area contributed by atoms with Crippen molar-refractivity contribution in [2.75, 3.05) is 0 Å². The lowest BCUT2D eigenvalue weighted by atomic mass is 10.2. The lowest BCUT2D eigenvalue weighted by Crippen LogP contribution is -2.36. The van der Waals surface area contributed by atoms with E-state index >= 15 is 0 Å². The van der Waals surface area contributed by atoms with Crippen molar-refractivity contribution >= 4 is 5.91 Å². The Bertz CT molecular complexity index is 634. The standard InChI is InChI=1S/C16H21N3O2/c1-11-6-5-7-15(8-11)21-13(3)16(20)17-9-14-10-19(4)18-12(14)2/h5-8,10,13H,9H2,1-4H3,(H,17,20)/t13-/m0/s1. The Balaban J connectivity index is 1.89. The molecule has 112 valence electrons. The Labute approximate surface area is 124 Å². The van der Waals surface area contributed by atoms with Gasteiger partial charge in [-0.05, 0) is 38.5 Å². The van der Waals surface area contributed by atoms with Gasteiger partial charge in [0.2, 0.25) is 0 Å². The average molecular weight is 287 g/mol. The molecule has 2 aromatic rings. The number of carbonyl (C=O) groups is 1.